The third kappa shape index (κ3) is 4.66. The average molecular weight is 548 g/mol. The molecule has 9 heteroatoms. The first kappa shape index (κ1) is 26.5. The number of fused-ring (bicyclic) bond motifs is 1. The minimum atomic E-state index is -1.25. The summed E-state index contributed by atoms with van der Waals surface area (Å²) in [5.41, 5.74) is 0.0198. The fourth-order valence-electron chi connectivity index (χ4n) is 6.78. The Morgan fingerprint density at radius 2 is 1.77 bits per heavy atom. The molecular formula is C31H34FN3O5. The molecule has 1 saturated carbocycles. The van der Waals surface area contributed by atoms with Crippen LogP contribution in [0.5, 0.6) is 5.75 Å². The van der Waals surface area contributed by atoms with Gasteiger partial charge in [-0.15, -0.1) is 0 Å². The Kier molecular flexibility index (Phi) is 7.08. The van der Waals surface area contributed by atoms with Crippen molar-refractivity contribution in [2.24, 2.45) is 11.8 Å². The van der Waals surface area contributed by atoms with Crippen LogP contribution in [0.3, 0.4) is 0 Å². The Bertz CT molecular complexity index is 1310. The van der Waals surface area contributed by atoms with Crippen molar-refractivity contribution in [2.75, 3.05) is 11.9 Å². The molecule has 2 bridgehead atoms. The standard InChI is InChI=1S/C31H34FN3O5/c1-2-39-23-14-12-22(13-15-23)33-28(36)25-24-16-17-31(40-24)26(25)30(38)35(18-19-8-10-20(32)11-9-19)27(31)29(37)34-21-6-4-3-5-7-21/h8-17,21,24-27H,2-7,18H2,1H3,(H,33,36)(H,34,37)/t24-,25?,26-,27?,31?/m0/s1. The normalized spacial score (nSPS) is 28.9. The van der Waals surface area contributed by atoms with Crippen LogP contribution in [-0.4, -0.2) is 53.0 Å². The van der Waals surface area contributed by atoms with Crippen molar-refractivity contribution >= 4 is 23.4 Å². The predicted octanol–water partition coefficient (Wildman–Crippen LogP) is 3.96. The lowest BCUT2D eigenvalue weighted by Gasteiger charge is -2.34. The van der Waals surface area contributed by atoms with Gasteiger partial charge in [-0.2, -0.15) is 0 Å². The molecule has 210 valence electrons. The third-order valence-electron chi connectivity index (χ3n) is 8.58. The molecule has 2 aromatic carbocycles. The van der Waals surface area contributed by atoms with Crippen LogP contribution >= 0.6 is 0 Å². The molecule has 2 saturated heterocycles. The number of hydrogen-bond donors (Lipinski definition) is 2. The first-order chi connectivity index (χ1) is 19.4. The summed E-state index contributed by atoms with van der Waals surface area (Å²) in [6.45, 7) is 2.54. The predicted molar refractivity (Wildman–Crippen MR) is 146 cm³/mol. The highest BCUT2D eigenvalue weighted by Crippen LogP contribution is 2.55. The van der Waals surface area contributed by atoms with Gasteiger partial charge in [0.2, 0.25) is 17.7 Å². The largest absolute Gasteiger partial charge is 0.494 e. The van der Waals surface area contributed by atoms with Crippen LogP contribution in [0.15, 0.2) is 60.7 Å². The van der Waals surface area contributed by atoms with E-state index < -0.39 is 29.6 Å². The number of rotatable bonds is 8. The lowest BCUT2D eigenvalue weighted by molar-refractivity contribution is -0.142. The number of nitrogens with one attached hydrogen (secondary N) is 2. The second-order valence-electron chi connectivity index (χ2n) is 11.1. The number of benzene rings is 2. The fraction of sp³-hybridized carbons (Fsp3) is 0.452. The van der Waals surface area contributed by atoms with Crippen LogP contribution in [0, 0.1) is 17.7 Å². The van der Waals surface area contributed by atoms with E-state index in [1.54, 1.807) is 48.6 Å². The van der Waals surface area contributed by atoms with Crippen molar-refractivity contribution < 1.29 is 28.2 Å². The highest BCUT2D eigenvalue weighted by molar-refractivity contribution is 6.02. The third-order valence-corrected chi connectivity index (χ3v) is 8.58. The van der Waals surface area contributed by atoms with Gasteiger partial charge < -0.3 is 25.0 Å². The summed E-state index contributed by atoms with van der Waals surface area (Å²) in [6, 6.07) is 12.0. The van der Waals surface area contributed by atoms with Crippen molar-refractivity contribution in [2.45, 2.75) is 69.4 Å². The highest BCUT2D eigenvalue weighted by Gasteiger charge is 2.72. The van der Waals surface area contributed by atoms with Gasteiger partial charge in [-0.1, -0.05) is 43.5 Å². The van der Waals surface area contributed by atoms with E-state index in [4.69, 9.17) is 9.47 Å². The molecule has 3 fully saturated rings. The summed E-state index contributed by atoms with van der Waals surface area (Å²) in [7, 11) is 0. The second kappa shape index (κ2) is 10.7. The van der Waals surface area contributed by atoms with Gasteiger partial charge in [0.1, 0.15) is 23.2 Å². The molecule has 3 heterocycles. The number of nitrogens with zero attached hydrogens (tertiary/aromatic N) is 1. The van der Waals surface area contributed by atoms with Crippen LogP contribution in [0.25, 0.3) is 0 Å². The average Bonchev–Trinajstić information content (AvgIpc) is 3.59. The van der Waals surface area contributed by atoms with Crippen LogP contribution in [-0.2, 0) is 25.7 Å². The Labute approximate surface area is 232 Å². The lowest BCUT2D eigenvalue weighted by atomic mass is 9.74. The summed E-state index contributed by atoms with van der Waals surface area (Å²) in [6.07, 6.45) is 8.03. The maximum Gasteiger partial charge on any atom is 0.246 e. The van der Waals surface area contributed by atoms with Gasteiger partial charge in [0.25, 0.3) is 0 Å². The Morgan fingerprint density at radius 3 is 2.48 bits per heavy atom. The fourth-order valence-corrected chi connectivity index (χ4v) is 6.78. The molecule has 40 heavy (non-hydrogen) atoms. The van der Waals surface area contributed by atoms with E-state index >= 15 is 0 Å². The summed E-state index contributed by atoms with van der Waals surface area (Å²) >= 11 is 0. The molecule has 6 rings (SSSR count). The first-order valence-corrected chi connectivity index (χ1v) is 14.2. The van der Waals surface area contributed by atoms with Gasteiger partial charge in [-0.05, 0) is 61.7 Å². The quantitative estimate of drug-likeness (QED) is 0.488. The SMILES string of the molecule is CCOc1ccc(NC(=O)C2[C@@H]3C=CC4(O3)C(C(=O)NC3CCCCC3)N(Cc3ccc(F)cc3)C(=O)[C@H]24)cc1. The van der Waals surface area contributed by atoms with E-state index in [0.717, 1.165) is 32.1 Å². The summed E-state index contributed by atoms with van der Waals surface area (Å²) in [5.74, 6) is -2.27. The van der Waals surface area contributed by atoms with E-state index in [-0.39, 0.29) is 36.1 Å². The number of carbonyl (C=O) groups excluding carboxylic acids is 3. The second-order valence-corrected chi connectivity index (χ2v) is 11.1. The number of anilines is 1. The van der Waals surface area contributed by atoms with Gasteiger partial charge in [0, 0.05) is 18.3 Å². The minimum absolute atomic E-state index is 0.0424. The smallest absolute Gasteiger partial charge is 0.246 e. The Morgan fingerprint density at radius 1 is 1.05 bits per heavy atom. The van der Waals surface area contributed by atoms with Gasteiger partial charge in [-0.25, -0.2) is 4.39 Å². The van der Waals surface area contributed by atoms with Crippen LogP contribution in [0.2, 0.25) is 0 Å². The van der Waals surface area contributed by atoms with E-state index in [2.05, 4.69) is 10.6 Å². The molecule has 1 spiro atoms. The number of ether oxygens (including phenoxy) is 2. The van der Waals surface area contributed by atoms with Crippen molar-refractivity contribution in [3.05, 3.63) is 72.1 Å². The molecule has 8 nitrogen and oxygen atoms in total. The first-order valence-electron chi connectivity index (χ1n) is 14.2. The zero-order chi connectivity index (χ0) is 27.9. The molecule has 0 aromatic heterocycles. The molecule has 1 aliphatic carbocycles. The zero-order valence-corrected chi connectivity index (χ0v) is 22.5. The Hall–Kier alpha value is -3.72. The summed E-state index contributed by atoms with van der Waals surface area (Å²) in [5, 5.41) is 6.10. The summed E-state index contributed by atoms with van der Waals surface area (Å²) in [4.78, 5) is 43.1. The van der Waals surface area contributed by atoms with Crippen molar-refractivity contribution in [3.8, 4) is 5.75 Å². The molecule has 4 aliphatic rings. The van der Waals surface area contributed by atoms with Crippen molar-refractivity contribution in [1.82, 2.24) is 10.2 Å². The van der Waals surface area contributed by atoms with Crippen LogP contribution in [0.1, 0.15) is 44.6 Å². The Balaban J connectivity index is 1.29. The van der Waals surface area contributed by atoms with Gasteiger partial charge in [-0.3, -0.25) is 14.4 Å². The molecule has 0 radical (unpaired) electrons. The van der Waals surface area contributed by atoms with Gasteiger partial charge >= 0.3 is 0 Å². The maximum atomic E-state index is 14.1. The molecule has 5 atom stereocenters. The van der Waals surface area contributed by atoms with Gasteiger partial charge in [0.05, 0.1) is 24.5 Å². The van der Waals surface area contributed by atoms with Crippen LogP contribution < -0.4 is 15.4 Å². The number of likely N-dealkylation sites (tertiary alicyclic amines) is 1. The van der Waals surface area contributed by atoms with E-state index in [1.807, 2.05) is 6.92 Å². The van der Waals surface area contributed by atoms with E-state index in [9.17, 15) is 18.8 Å². The molecule has 2 N–H and O–H groups in total. The van der Waals surface area contributed by atoms with Crippen molar-refractivity contribution in [1.29, 1.82) is 0 Å². The minimum Gasteiger partial charge on any atom is -0.494 e. The zero-order valence-electron chi connectivity index (χ0n) is 22.5. The van der Waals surface area contributed by atoms with Crippen LogP contribution in [0.4, 0.5) is 10.1 Å². The summed E-state index contributed by atoms with van der Waals surface area (Å²) < 4.78 is 25.5. The lowest BCUT2D eigenvalue weighted by Crippen LogP contribution is -2.56. The molecule has 3 unspecified atom stereocenters. The van der Waals surface area contributed by atoms with E-state index in [0.29, 0.717) is 23.6 Å². The molecule has 3 amide bonds. The molecule has 2 aromatic rings. The maximum absolute atomic E-state index is 14.1. The van der Waals surface area contributed by atoms with Crippen molar-refractivity contribution in [3.63, 3.8) is 0 Å². The number of carbonyl (C=O) groups is 3. The van der Waals surface area contributed by atoms with E-state index in [1.165, 1.54) is 17.0 Å². The number of amides is 3. The topological polar surface area (TPSA) is 97.0 Å². The highest BCUT2D eigenvalue weighted by atomic mass is 19.1. The number of hydrogen-bond acceptors (Lipinski definition) is 5. The molecular weight excluding hydrogens is 513 g/mol. The number of halogens is 1. The van der Waals surface area contributed by atoms with Gasteiger partial charge in [0.15, 0.2) is 0 Å². The molecule has 3 aliphatic heterocycles. The monoisotopic (exact) mass is 547 g/mol.